The van der Waals surface area contributed by atoms with Gasteiger partial charge in [-0.15, -0.1) is 0 Å². The van der Waals surface area contributed by atoms with Crippen molar-refractivity contribution in [2.75, 3.05) is 42.6 Å². The Hall–Kier alpha value is -2.93. The fourth-order valence-electron chi connectivity index (χ4n) is 3.55. The van der Waals surface area contributed by atoms with Crippen LogP contribution in [0.15, 0.2) is 47.5 Å². The Morgan fingerprint density at radius 1 is 1.04 bits per heavy atom. The molecule has 132 valence electrons. The minimum Gasteiger partial charge on any atom is -0.472 e. The molecule has 0 aliphatic carbocycles. The van der Waals surface area contributed by atoms with E-state index in [1.807, 2.05) is 18.3 Å². The van der Waals surface area contributed by atoms with E-state index in [0.717, 1.165) is 60.3 Å². The number of ether oxygens (including phenoxy) is 1. The third-order valence-corrected chi connectivity index (χ3v) is 4.86. The van der Waals surface area contributed by atoms with Gasteiger partial charge in [-0.3, -0.25) is 4.98 Å². The van der Waals surface area contributed by atoms with Crippen LogP contribution in [0.2, 0.25) is 0 Å². The zero-order valence-electron chi connectivity index (χ0n) is 14.3. The normalized spacial score (nSPS) is 16.8. The summed E-state index contributed by atoms with van der Waals surface area (Å²) in [5.74, 6) is 1.71. The molecule has 0 atom stereocenters. The largest absolute Gasteiger partial charge is 0.472 e. The van der Waals surface area contributed by atoms with Crippen LogP contribution >= 0.6 is 0 Å². The first kappa shape index (κ1) is 15.3. The molecule has 7 heteroatoms. The maximum absolute atomic E-state index is 5.48. The summed E-state index contributed by atoms with van der Waals surface area (Å²) < 4.78 is 10.8. The summed E-state index contributed by atoms with van der Waals surface area (Å²) in [7, 11) is 0. The van der Waals surface area contributed by atoms with Gasteiger partial charge in [-0.05, 0) is 24.6 Å². The number of morpholine rings is 1. The number of aromatic nitrogens is 3. The molecule has 0 unspecified atom stereocenters. The second-order valence-corrected chi connectivity index (χ2v) is 6.40. The molecule has 0 radical (unpaired) electrons. The van der Waals surface area contributed by atoms with Crippen LogP contribution in [0.3, 0.4) is 0 Å². The standard InChI is InChI=1S/C19H19N5O2/c1-2-15(12-20-5-1)24-6-3-16-17(14-4-9-26-13-14)21-19(22-18(16)24)23-7-10-25-11-8-23/h1-2,4-5,9,12-13H,3,6-8,10-11H2. The van der Waals surface area contributed by atoms with E-state index < -0.39 is 0 Å². The highest BCUT2D eigenvalue weighted by atomic mass is 16.5. The monoisotopic (exact) mass is 349 g/mol. The predicted octanol–water partition coefficient (Wildman–Crippen LogP) is 2.66. The molecular formula is C19H19N5O2. The summed E-state index contributed by atoms with van der Waals surface area (Å²) in [5, 5.41) is 0. The van der Waals surface area contributed by atoms with Crippen LogP contribution in [0.4, 0.5) is 17.5 Å². The Kier molecular flexibility index (Phi) is 3.79. The number of furan rings is 1. The van der Waals surface area contributed by atoms with Gasteiger partial charge in [0.15, 0.2) is 0 Å². The Morgan fingerprint density at radius 3 is 2.73 bits per heavy atom. The van der Waals surface area contributed by atoms with Gasteiger partial charge in [-0.25, -0.2) is 4.98 Å². The molecule has 7 nitrogen and oxygen atoms in total. The van der Waals surface area contributed by atoms with Crippen molar-refractivity contribution in [1.82, 2.24) is 15.0 Å². The van der Waals surface area contributed by atoms with Crippen molar-refractivity contribution in [3.05, 3.63) is 48.7 Å². The molecule has 26 heavy (non-hydrogen) atoms. The zero-order valence-corrected chi connectivity index (χ0v) is 14.3. The lowest BCUT2D eigenvalue weighted by Gasteiger charge is -2.28. The van der Waals surface area contributed by atoms with Crippen LogP contribution in [-0.2, 0) is 11.2 Å². The average molecular weight is 349 g/mol. The Labute approximate surface area is 151 Å². The maximum atomic E-state index is 5.48. The van der Waals surface area contributed by atoms with E-state index in [-0.39, 0.29) is 0 Å². The van der Waals surface area contributed by atoms with Gasteiger partial charge in [0.2, 0.25) is 5.95 Å². The maximum Gasteiger partial charge on any atom is 0.228 e. The fourth-order valence-corrected chi connectivity index (χ4v) is 3.55. The third kappa shape index (κ3) is 2.61. The van der Waals surface area contributed by atoms with Gasteiger partial charge in [0.25, 0.3) is 0 Å². The van der Waals surface area contributed by atoms with Crippen molar-refractivity contribution >= 4 is 17.5 Å². The van der Waals surface area contributed by atoms with Crippen LogP contribution in [0, 0.1) is 0 Å². The molecule has 3 aromatic rings. The fraction of sp³-hybridized carbons (Fsp3) is 0.316. The van der Waals surface area contributed by atoms with Gasteiger partial charge in [0.05, 0.1) is 43.3 Å². The summed E-state index contributed by atoms with van der Waals surface area (Å²) in [5.41, 5.74) is 4.16. The third-order valence-electron chi connectivity index (χ3n) is 4.86. The van der Waals surface area contributed by atoms with Crippen molar-refractivity contribution in [2.45, 2.75) is 6.42 Å². The van der Waals surface area contributed by atoms with Crippen LogP contribution in [0.5, 0.6) is 0 Å². The second kappa shape index (κ2) is 6.42. The Morgan fingerprint density at radius 2 is 1.96 bits per heavy atom. The van der Waals surface area contributed by atoms with Crippen LogP contribution < -0.4 is 9.80 Å². The molecule has 0 amide bonds. The molecule has 5 heterocycles. The molecule has 0 saturated carbocycles. The van der Waals surface area contributed by atoms with Crippen LogP contribution in [0.25, 0.3) is 11.3 Å². The van der Waals surface area contributed by atoms with Crippen LogP contribution in [0.1, 0.15) is 5.56 Å². The molecule has 5 rings (SSSR count). The first-order valence-electron chi connectivity index (χ1n) is 8.84. The van der Waals surface area contributed by atoms with E-state index in [4.69, 9.17) is 19.1 Å². The first-order valence-corrected chi connectivity index (χ1v) is 8.84. The summed E-state index contributed by atoms with van der Waals surface area (Å²) in [6.45, 7) is 3.88. The Balaban J connectivity index is 1.64. The number of anilines is 3. The average Bonchev–Trinajstić information content (AvgIpc) is 3.39. The van der Waals surface area contributed by atoms with Crippen LogP contribution in [-0.4, -0.2) is 47.8 Å². The summed E-state index contributed by atoms with van der Waals surface area (Å²) in [6, 6.07) is 5.98. The van der Waals surface area contributed by atoms with Crippen molar-refractivity contribution in [2.24, 2.45) is 0 Å². The molecule has 0 bridgehead atoms. The number of hydrogen-bond donors (Lipinski definition) is 0. The highest BCUT2D eigenvalue weighted by molar-refractivity contribution is 5.76. The van der Waals surface area contributed by atoms with E-state index in [0.29, 0.717) is 13.2 Å². The lowest BCUT2D eigenvalue weighted by Crippen LogP contribution is -2.37. The molecule has 2 aliphatic heterocycles. The highest BCUT2D eigenvalue weighted by Crippen LogP contribution is 2.39. The molecule has 0 N–H and O–H groups in total. The van der Waals surface area contributed by atoms with Crippen molar-refractivity contribution in [3.63, 3.8) is 0 Å². The molecule has 1 saturated heterocycles. The minimum absolute atomic E-state index is 0.702. The van der Waals surface area contributed by atoms with E-state index in [2.05, 4.69) is 20.9 Å². The quantitative estimate of drug-likeness (QED) is 0.720. The number of hydrogen-bond acceptors (Lipinski definition) is 7. The first-order chi connectivity index (χ1) is 12.9. The number of pyridine rings is 1. The van der Waals surface area contributed by atoms with E-state index in [9.17, 15) is 0 Å². The molecule has 3 aromatic heterocycles. The number of nitrogens with zero attached hydrogens (tertiary/aromatic N) is 5. The summed E-state index contributed by atoms with van der Waals surface area (Å²) in [4.78, 5) is 18.5. The van der Waals surface area contributed by atoms with Gasteiger partial charge in [0, 0.05) is 37.0 Å². The van der Waals surface area contributed by atoms with Gasteiger partial charge in [0.1, 0.15) is 5.82 Å². The van der Waals surface area contributed by atoms with Crippen molar-refractivity contribution in [1.29, 1.82) is 0 Å². The molecule has 0 spiro atoms. The minimum atomic E-state index is 0.702. The summed E-state index contributed by atoms with van der Waals surface area (Å²) in [6.07, 6.45) is 8.00. The van der Waals surface area contributed by atoms with Gasteiger partial charge in [-0.2, -0.15) is 4.98 Å². The lowest BCUT2D eigenvalue weighted by atomic mass is 10.1. The van der Waals surface area contributed by atoms with Crippen molar-refractivity contribution < 1.29 is 9.15 Å². The predicted molar refractivity (Wildman–Crippen MR) is 97.7 cm³/mol. The number of fused-ring (bicyclic) bond motifs is 1. The second-order valence-electron chi connectivity index (χ2n) is 6.40. The van der Waals surface area contributed by atoms with Gasteiger partial charge in [-0.1, -0.05) is 0 Å². The van der Waals surface area contributed by atoms with Gasteiger partial charge < -0.3 is 19.0 Å². The molecule has 2 aliphatic rings. The smallest absolute Gasteiger partial charge is 0.228 e. The molecule has 1 fully saturated rings. The molecule has 0 aromatic carbocycles. The topological polar surface area (TPSA) is 67.5 Å². The number of rotatable bonds is 3. The summed E-state index contributed by atoms with van der Waals surface area (Å²) >= 11 is 0. The van der Waals surface area contributed by atoms with E-state index in [1.165, 1.54) is 0 Å². The highest BCUT2D eigenvalue weighted by Gasteiger charge is 2.29. The van der Waals surface area contributed by atoms with Gasteiger partial charge >= 0.3 is 0 Å². The molecular weight excluding hydrogens is 330 g/mol. The van der Waals surface area contributed by atoms with E-state index in [1.54, 1.807) is 18.7 Å². The van der Waals surface area contributed by atoms with Crippen molar-refractivity contribution in [3.8, 4) is 11.3 Å². The Bertz CT molecular complexity index is 892. The van der Waals surface area contributed by atoms with E-state index >= 15 is 0 Å². The SMILES string of the molecule is c1cncc(N2CCc3c(-c4ccoc4)nc(N4CCOCC4)nc32)c1. The lowest BCUT2D eigenvalue weighted by molar-refractivity contribution is 0.122. The zero-order chi connectivity index (χ0) is 17.3.